The number of aromatic nitrogens is 2. The lowest BCUT2D eigenvalue weighted by Gasteiger charge is -2.17. The molecule has 170 valence electrons. The maximum absolute atomic E-state index is 13.7. The number of hydrogen-bond acceptors (Lipinski definition) is 7. The highest BCUT2D eigenvalue weighted by Gasteiger charge is 2.19. The van der Waals surface area contributed by atoms with Gasteiger partial charge >= 0.3 is 0 Å². The van der Waals surface area contributed by atoms with Crippen LogP contribution in [0.1, 0.15) is 24.0 Å². The number of nitrogens with one attached hydrogen (secondary N) is 3. The van der Waals surface area contributed by atoms with E-state index in [1.54, 1.807) is 19.1 Å². The number of hydrogen-bond donors (Lipinski definition) is 4. The molecule has 5 N–H and O–H groups in total. The highest BCUT2D eigenvalue weighted by molar-refractivity contribution is 6.43. The fourth-order valence-corrected chi connectivity index (χ4v) is 2.90. The number of aliphatic imine (C=N–C) groups is 1. The van der Waals surface area contributed by atoms with Crippen LogP contribution in [0.25, 0.3) is 0 Å². The highest BCUT2D eigenvalue weighted by Crippen LogP contribution is 2.24. The van der Waals surface area contributed by atoms with E-state index in [9.17, 15) is 18.8 Å². The molecule has 0 saturated carbocycles. The van der Waals surface area contributed by atoms with E-state index in [1.165, 1.54) is 25.6 Å². The van der Waals surface area contributed by atoms with Crippen LogP contribution >= 0.6 is 0 Å². The fraction of sp³-hybridized carbons (Fsp3) is 0.286. The van der Waals surface area contributed by atoms with E-state index in [0.717, 1.165) is 12.3 Å². The van der Waals surface area contributed by atoms with Crippen LogP contribution in [0.4, 0.5) is 10.2 Å². The zero-order chi connectivity index (χ0) is 23.5. The number of aromatic amines is 1. The maximum atomic E-state index is 13.7. The third-order valence-electron chi connectivity index (χ3n) is 4.28. The molecule has 1 unspecified atom stereocenters. The molecule has 2 amide bonds. The molecule has 2 rings (SSSR count). The molecular weight excluding hydrogens is 419 g/mol. The number of carbonyl (C=O) groups excluding carboxylic acids is 2. The summed E-state index contributed by atoms with van der Waals surface area (Å²) in [7, 11) is 1.46. The summed E-state index contributed by atoms with van der Waals surface area (Å²) in [4.78, 5) is 47.0. The third-order valence-corrected chi connectivity index (χ3v) is 4.28. The zero-order valence-corrected chi connectivity index (χ0v) is 17.7. The van der Waals surface area contributed by atoms with Crippen LogP contribution < -0.4 is 21.9 Å². The summed E-state index contributed by atoms with van der Waals surface area (Å²) in [6, 6.07) is 4.33. The van der Waals surface area contributed by atoms with Crippen LogP contribution in [0.5, 0.6) is 0 Å². The van der Waals surface area contributed by atoms with Gasteiger partial charge in [-0.1, -0.05) is 0 Å². The van der Waals surface area contributed by atoms with E-state index in [-0.39, 0.29) is 30.2 Å². The predicted molar refractivity (Wildman–Crippen MR) is 118 cm³/mol. The first-order chi connectivity index (χ1) is 15.4. The number of nitrogens with two attached hydrogens (primary N) is 1. The van der Waals surface area contributed by atoms with Crippen molar-refractivity contribution < 1.29 is 18.7 Å². The smallest absolute Gasteiger partial charge is 0.269 e. The molecule has 0 saturated heterocycles. The molecule has 0 spiro atoms. The lowest BCUT2D eigenvalue weighted by Crippen LogP contribution is -2.37. The molecule has 0 aliphatic rings. The van der Waals surface area contributed by atoms with Gasteiger partial charge in [-0.05, 0) is 43.0 Å². The first kappa shape index (κ1) is 24.4. The van der Waals surface area contributed by atoms with Crippen molar-refractivity contribution in [1.29, 1.82) is 0 Å². The van der Waals surface area contributed by atoms with Crippen molar-refractivity contribution in [3.63, 3.8) is 0 Å². The minimum atomic E-state index is -0.589. The molecule has 0 aromatic carbocycles. The van der Waals surface area contributed by atoms with Gasteiger partial charge in [0, 0.05) is 37.5 Å². The number of carbonyl (C=O) groups is 2. The third kappa shape index (κ3) is 6.84. The zero-order valence-electron chi connectivity index (χ0n) is 17.7. The second-order valence-corrected chi connectivity index (χ2v) is 6.53. The lowest BCUT2D eigenvalue weighted by molar-refractivity contribution is -0.120. The van der Waals surface area contributed by atoms with E-state index in [0.29, 0.717) is 12.1 Å². The Morgan fingerprint density at radius 3 is 2.88 bits per heavy atom. The number of pyridine rings is 2. The first-order valence-corrected chi connectivity index (χ1v) is 9.73. The molecule has 2 aromatic heterocycles. The molecule has 10 nitrogen and oxygen atoms in total. The SMILES string of the molecule is CCN=C(/C=C\N)C(=O)NCC(=O)Nc1cc(C(COC)c2cc(F)c[nH]c2=O)ccn1. The van der Waals surface area contributed by atoms with Gasteiger partial charge in [-0.3, -0.25) is 19.4 Å². The van der Waals surface area contributed by atoms with E-state index >= 15 is 0 Å². The normalized spacial score (nSPS) is 12.5. The number of halogens is 1. The summed E-state index contributed by atoms with van der Waals surface area (Å²) < 4.78 is 18.9. The van der Waals surface area contributed by atoms with Crippen LogP contribution in [0, 0.1) is 5.82 Å². The molecule has 2 heterocycles. The van der Waals surface area contributed by atoms with Crippen molar-refractivity contribution in [2.24, 2.45) is 10.7 Å². The molecule has 1 atom stereocenters. The molecule has 0 aliphatic carbocycles. The van der Waals surface area contributed by atoms with Gasteiger partial charge in [0.05, 0.1) is 13.2 Å². The van der Waals surface area contributed by atoms with Gasteiger partial charge in [0.1, 0.15) is 17.3 Å². The lowest BCUT2D eigenvalue weighted by atomic mass is 9.93. The number of rotatable bonds is 10. The van der Waals surface area contributed by atoms with Gasteiger partial charge in [-0.25, -0.2) is 9.37 Å². The second-order valence-electron chi connectivity index (χ2n) is 6.53. The van der Waals surface area contributed by atoms with Gasteiger partial charge in [-0.15, -0.1) is 0 Å². The van der Waals surface area contributed by atoms with Crippen molar-refractivity contribution in [3.05, 3.63) is 70.2 Å². The summed E-state index contributed by atoms with van der Waals surface area (Å²) in [5.41, 5.74) is 5.71. The highest BCUT2D eigenvalue weighted by atomic mass is 19.1. The average Bonchev–Trinajstić information content (AvgIpc) is 2.77. The Kier molecular flexibility index (Phi) is 9.23. The van der Waals surface area contributed by atoms with Crippen molar-refractivity contribution in [1.82, 2.24) is 15.3 Å². The first-order valence-electron chi connectivity index (χ1n) is 9.73. The quantitative estimate of drug-likeness (QED) is 0.396. The van der Waals surface area contributed by atoms with Gasteiger partial charge in [-0.2, -0.15) is 0 Å². The van der Waals surface area contributed by atoms with Crippen molar-refractivity contribution in [3.8, 4) is 0 Å². The van der Waals surface area contributed by atoms with Gasteiger partial charge < -0.3 is 26.1 Å². The largest absolute Gasteiger partial charge is 0.405 e. The van der Waals surface area contributed by atoms with E-state index in [4.69, 9.17) is 10.5 Å². The van der Waals surface area contributed by atoms with Gasteiger partial charge in [0.2, 0.25) is 5.91 Å². The summed E-state index contributed by atoms with van der Waals surface area (Å²) in [6.07, 6.45) is 4.94. The Balaban J connectivity index is 2.13. The minimum absolute atomic E-state index is 0.102. The number of amides is 2. The number of nitrogens with zero attached hydrogens (tertiary/aromatic N) is 2. The fourth-order valence-electron chi connectivity index (χ4n) is 2.90. The van der Waals surface area contributed by atoms with Crippen LogP contribution in [0.3, 0.4) is 0 Å². The molecule has 11 heteroatoms. The van der Waals surface area contributed by atoms with E-state index in [2.05, 4.69) is 25.6 Å². The van der Waals surface area contributed by atoms with Gasteiger partial charge in [0.15, 0.2) is 0 Å². The summed E-state index contributed by atoms with van der Waals surface area (Å²) in [6.45, 7) is 1.93. The maximum Gasteiger partial charge on any atom is 0.269 e. The molecule has 2 aromatic rings. The minimum Gasteiger partial charge on any atom is -0.405 e. The topological polar surface area (TPSA) is 152 Å². The van der Waals surface area contributed by atoms with E-state index in [1.807, 2.05) is 0 Å². The monoisotopic (exact) mass is 444 g/mol. The molecule has 0 aliphatic heterocycles. The molecule has 0 fully saturated rings. The molecule has 0 bridgehead atoms. The van der Waals surface area contributed by atoms with Crippen LogP contribution in [-0.4, -0.2) is 54.3 Å². The van der Waals surface area contributed by atoms with Crippen LogP contribution in [-0.2, 0) is 14.3 Å². The number of methoxy groups -OCH3 is 1. The second kappa shape index (κ2) is 12.1. The Hall–Kier alpha value is -3.86. The number of ether oxygens (including phenoxy) is 1. The molecule has 0 radical (unpaired) electrons. The Morgan fingerprint density at radius 2 is 2.19 bits per heavy atom. The predicted octanol–water partition coefficient (Wildman–Crippen LogP) is 0.675. The average molecular weight is 444 g/mol. The summed E-state index contributed by atoms with van der Waals surface area (Å²) >= 11 is 0. The summed E-state index contributed by atoms with van der Waals surface area (Å²) in [5.74, 6) is -2.05. The molecule has 32 heavy (non-hydrogen) atoms. The molecular formula is C21H25FN6O4. The van der Waals surface area contributed by atoms with Crippen molar-refractivity contribution in [2.45, 2.75) is 12.8 Å². The number of H-pyrrole nitrogens is 1. The van der Waals surface area contributed by atoms with Crippen LogP contribution in [0.2, 0.25) is 0 Å². The van der Waals surface area contributed by atoms with Gasteiger partial charge in [0.25, 0.3) is 11.5 Å². The standard InChI is InChI=1S/C21H25FN6O4/c1-3-24-17(4-6-23)21(31)27-11-19(29)28-18-8-13(5-7-25-18)16(12-32-2)15-9-14(22)10-26-20(15)30/h4-10,16H,3,11-12,23H2,1-2H3,(H,26,30)(H,27,31)(H,25,28,29)/b6-4-,24-17?. The van der Waals surface area contributed by atoms with E-state index < -0.39 is 29.1 Å². The Labute approximate surface area is 183 Å². The number of anilines is 1. The van der Waals surface area contributed by atoms with Crippen molar-refractivity contribution >= 4 is 23.3 Å². The van der Waals surface area contributed by atoms with Crippen molar-refractivity contribution in [2.75, 3.05) is 32.1 Å². The summed E-state index contributed by atoms with van der Waals surface area (Å²) in [5, 5.41) is 5.01. The Bertz CT molecular complexity index is 1070. The van der Waals surface area contributed by atoms with Crippen LogP contribution in [0.15, 0.2) is 52.7 Å². The Morgan fingerprint density at radius 1 is 1.41 bits per heavy atom.